The van der Waals surface area contributed by atoms with E-state index in [1.165, 1.54) is 16.7 Å². The van der Waals surface area contributed by atoms with Crippen LogP contribution in [0.2, 0.25) is 0 Å². The molecule has 4 aliphatic heterocycles. The Morgan fingerprint density at radius 2 is 2.03 bits per heavy atom. The van der Waals surface area contributed by atoms with Crippen LogP contribution in [0.3, 0.4) is 0 Å². The van der Waals surface area contributed by atoms with Gasteiger partial charge in [0.25, 0.3) is 0 Å². The molecular formula is C24H36N4O6S. The maximum Gasteiger partial charge on any atom is 0.353 e. The second kappa shape index (κ2) is 11.0. The van der Waals surface area contributed by atoms with Crippen LogP contribution in [-0.2, 0) is 23.9 Å². The number of nitrogens with one attached hydrogen (secondary N) is 2. The number of hydrogen-bond acceptors (Lipinski definition) is 8. The number of amides is 2. The average molecular weight is 509 g/mol. The van der Waals surface area contributed by atoms with E-state index < -0.39 is 5.97 Å². The van der Waals surface area contributed by atoms with Crippen molar-refractivity contribution in [2.45, 2.75) is 69.3 Å². The number of Topliss-reactive ketones (excluding diaryl/α,β-unsaturated/α-hetero) is 1. The highest BCUT2D eigenvalue weighted by atomic mass is 32.2. The summed E-state index contributed by atoms with van der Waals surface area (Å²) in [4.78, 5) is 52.1. The molecule has 4 heterocycles. The van der Waals surface area contributed by atoms with Gasteiger partial charge in [0.15, 0.2) is 0 Å². The van der Waals surface area contributed by atoms with Crippen LogP contribution in [0.15, 0.2) is 10.6 Å². The molecule has 2 amide bonds. The van der Waals surface area contributed by atoms with Crippen LogP contribution in [0, 0.1) is 17.8 Å². The fourth-order valence-electron chi connectivity index (χ4n) is 5.83. The van der Waals surface area contributed by atoms with Crippen molar-refractivity contribution in [3.63, 3.8) is 0 Å². The first-order valence-electron chi connectivity index (χ1n) is 12.5. The van der Waals surface area contributed by atoms with E-state index in [9.17, 15) is 24.3 Å². The number of ketones is 1. The number of ether oxygens (including phenoxy) is 1. The normalized spacial score (nSPS) is 31.8. The number of carboxylic acids is 1. The molecule has 3 fully saturated rings. The van der Waals surface area contributed by atoms with Gasteiger partial charge in [0.05, 0.1) is 18.0 Å². The second-order valence-electron chi connectivity index (χ2n) is 10.1. The van der Waals surface area contributed by atoms with E-state index in [2.05, 4.69) is 10.6 Å². The number of aliphatic carboxylic acids is 1. The Hall–Kier alpha value is -1.95. The molecule has 0 bridgehead atoms. The van der Waals surface area contributed by atoms with Crippen molar-refractivity contribution in [2.75, 3.05) is 26.3 Å². The van der Waals surface area contributed by atoms with Crippen molar-refractivity contribution >= 4 is 35.3 Å². The van der Waals surface area contributed by atoms with E-state index in [0.29, 0.717) is 31.1 Å². The molecule has 0 aromatic heterocycles. The third kappa shape index (κ3) is 5.28. The molecule has 10 nitrogen and oxygen atoms in total. The minimum Gasteiger partial charge on any atom is -0.477 e. The van der Waals surface area contributed by atoms with Crippen LogP contribution in [0.5, 0.6) is 0 Å². The Bertz CT molecular complexity index is 904. The van der Waals surface area contributed by atoms with Crippen LogP contribution in [-0.4, -0.2) is 83.3 Å². The summed E-state index contributed by atoms with van der Waals surface area (Å²) >= 11 is 1.47. The lowest BCUT2D eigenvalue weighted by Gasteiger charge is -2.47. The Balaban J connectivity index is 1.39. The lowest BCUT2D eigenvalue weighted by atomic mass is 9.73. The van der Waals surface area contributed by atoms with Crippen LogP contribution in [0.25, 0.3) is 0 Å². The van der Waals surface area contributed by atoms with Gasteiger partial charge in [0.2, 0.25) is 11.8 Å². The number of hydrogen-bond donors (Lipinski definition) is 4. The smallest absolute Gasteiger partial charge is 0.353 e. The molecule has 0 spiro atoms. The van der Waals surface area contributed by atoms with Crippen molar-refractivity contribution in [2.24, 2.45) is 23.5 Å². The number of nitrogens with two attached hydrogens (primary N) is 1. The first-order valence-corrected chi connectivity index (χ1v) is 13.4. The third-order valence-corrected chi connectivity index (χ3v) is 9.16. The first kappa shape index (κ1) is 26.1. The van der Waals surface area contributed by atoms with Crippen molar-refractivity contribution in [3.05, 3.63) is 10.6 Å². The molecule has 11 heteroatoms. The molecule has 4 rings (SSSR count). The zero-order valence-corrected chi connectivity index (χ0v) is 21.1. The predicted octanol–water partition coefficient (Wildman–Crippen LogP) is 0.462. The van der Waals surface area contributed by atoms with Crippen molar-refractivity contribution < 1.29 is 29.0 Å². The summed E-state index contributed by atoms with van der Waals surface area (Å²) in [6, 6.07) is -0.439. The van der Waals surface area contributed by atoms with E-state index in [-0.39, 0.29) is 83.8 Å². The van der Waals surface area contributed by atoms with Gasteiger partial charge in [-0.3, -0.25) is 14.4 Å². The highest BCUT2D eigenvalue weighted by Crippen LogP contribution is 2.53. The van der Waals surface area contributed by atoms with Gasteiger partial charge < -0.3 is 31.1 Å². The number of β-lactam (4-membered cyclic amide) rings is 1. The minimum absolute atomic E-state index is 0.0260. The summed E-state index contributed by atoms with van der Waals surface area (Å²) in [5.74, 6) is -2.02. The molecule has 6 atom stereocenters. The SMILES string of the molecule is C[C@@H](CC(=O)CCN)[C@H]1C(=O)N2C(C(=O)O)=C(SC3CNC(C(=O)NC4CCOCC4)C3)[C@H](C)[C@@H]12. The van der Waals surface area contributed by atoms with Gasteiger partial charge >= 0.3 is 5.97 Å². The van der Waals surface area contributed by atoms with Gasteiger partial charge in [-0.25, -0.2) is 4.79 Å². The topological polar surface area (TPSA) is 151 Å². The van der Waals surface area contributed by atoms with Crippen LogP contribution in [0.1, 0.15) is 46.0 Å². The maximum atomic E-state index is 13.0. The molecule has 0 aliphatic carbocycles. The van der Waals surface area contributed by atoms with E-state index in [0.717, 1.165) is 12.8 Å². The van der Waals surface area contributed by atoms with Crippen LogP contribution < -0.4 is 16.4 Å². The van der Waals surface area contributed by atoms with Gasteiger partial charge in [-0.1, -0.05) is 13.8 Å². The molecule has 3 saturated heterocycles. The fourth-order valence-corrected chi connectivity index (χ4v) is 7.31. The summed E-state index contributed by atoms with van der Waals surface area (Å²) in [6.45, 7) is 6.03. The number of carbonyl (C=O) groups excluding carboxylic acids is 3. The standard InChI is InChI=1S/C24H36N4O6S/c1-12(9-15(29)3-6-25)18-19-13(2)21(20(24(32)33)28(19)23(18)31)35-16-10-17(26-11-16)22(30)27-14-4-7-34-8-5-14/h12-14,16-19,26H,3-11,25H2,1-2H3,(H,27,30)(H,32,33)/t12-,13+,16?,17?,18+,19-/m0/s1. The molecule has 2 unspecified atom stereocenters. The van der Waals surface area contributed by atoms with Gasteiger partial charge in [0.1, 0.15) is 11.5 Å². The Morgan fingerprint density at radius 1 is 1.31 bits per heavy atom. The first-order chi connectivity index (χ1) is 16.7. The number of nitrogens with zero attached hydrogens (tertiary/aromatic N) is 1. The molecule has 194 valence electrons. The second-order valence-corrected chi connectivity index (χ2v) is 11.5. The fraction of sp³-hybridized carbons (Fsp3) is 0.750. The molecule has 4 aliphatic rings. The van der Waals surface area contributed by atoms with Gasteiger partial charge in [-0.15, -0.1) is 11.8 Å². The zero-order valence-electron chi connectivity index (χ0n) is 20.3. The highest BCUT2D eigenvalue weighted by Gasteiger charge is 2.60. The molecule has 0 saturated carbocycles. The van der Waals surface area contributed by atoms with Gasteiger partial charge in [-0.05, 0) is 31.7 Å². The third-order valence-electron chi connectivity index (χ3n) is 7.65. The molecule has 5 N–H and O–H groups in total. The summed E-state index contributed by atoms with van der Waals surface area (Å²) in [5.41, 5.74) is 5.54. The largest absolute Gasteiger partial charge is 0.477 e. The Labute approximate surface area is 209 Å². The summed E-state index contributed by atoms with van der Waals surface area (Å²) in [7, 11) is 0. The number of fused-ring (bicyclic) bond motifs is 1. The highest BCUT2D eigenvalue weighted by molar-refractivity contribution is 8.03. The van der Waals surface area contributed by atoms with Gasteiger partial charge in [0, 0.05) is 54.7 Å². The summed E-state index contributed by atoms with van der Waals surface area (Å²) < 4.78 is 5.35. The lowest BCUT2D eigenvalue weighted by Crippen LogP contribution is -2.62. The van der Waals surface area contributed by atoms with E-state index in [4.69, 9.17) is 10.5 Å². The quantitative estimate of drug-likeness (QED) is 0.309. The minimum atomic E-state index is -1.11. The Kier molecular flexibility index (Phi) is 8.19. The number of carboxylic acid groups (broad SMARTS) is 1. The summed E-state index contributed by atoms with van der Waals surface area (Å²) in [5, 5.41) is 16.4. The van der Waals surface area contributed by atoms with Gasteiger partial charge in [-0.2, -0.15) is 0 Å². The summed E-state index contributed by atoms with van der Waals surface area (Å²) in [6.07, 6.45) is 2.77. The number of carbonyl (C=O) groups is 4. The van der Waals surface area contributed by atoms with Crippen molar-refractivity contribution in [3.8, 4) is 0 Å². The van der Waals surface area contributed by atoms with Crippen molar-refractivity contribution in [1.29, 1.82) is 0 Å². The Morgan fingerprint density at radius 3 is 2.69 bits per heavy atom. The van der Waals surface area contributed by atoms with Crippen molar-refractivity contribution in [1.82, 2.24) is 15.5 Å². The number of thioether (sulfide) groups is 1. The monoisotopic (exact) mass is 508 g/mol. The average Bonchev–Trinajstić information content (AvgIpc) is 3.37. The zero-order chi connectivity index (χ0) is 25.3. The molecule has 0 aromatic rings. The van der Waals surface area contributed by atoms with E-state index in [1.807, 2.05) is 13.8 Å². The van der Waals surface area contributed by atoms with Crippen LogP contribution in [0.4, 0.5) is 0 Å². The van der Waals surface area contributed by atoms with E-state index >= 15 is 0 Å². The predicted molar refractivity (Wildman–Crippen MR) is 130 cm³/mol. The molecule has 0 radical (unpaired) electrons. The lowest BCUT2D eigenvalue weighted by molar-refractivity contribution is -0.160. The maximum absolute atomic E-state index is 13.0. The molecular weight excluding hydrogens is 472 g/mol. The molecule has 35 heavy (non-hydrogen) atoms. The van der Waals surface area contributed by atoms with Crippen LogP contribution >= 0.6 is 11.8 Å². The number of rotatable bonds is 10. The molecule has 0 aromatic carbocycles. The van der Waals surface area contributed by atoms with E-state index in [1.54, 1.807) is 0 Å².